The summed E-state index contributed by atoms with van der Waals surface area (Å²) in [6, 6.07) is 6.75. The zero-order chi connectivity index (χ0) is 17.5. The fraction of sp³-hybridized carbons (Fsp3) is 0.235. The number of aromatic amines is 1. The zero-order valence-corrected chi connectivity index (χ0v) is 13.5. The minimum absolute atomic E-state index is 0.344. The van der Waals surface area contributed by atoms with Gasteiger partial charge in [-0.05, 0) is 32.0 Å². The van der Waals surface area contributed by atoms with Gasteiger partial charge in [0.2, 0.25) is 0 Å². The highest BCUT2D eigenvalue weighted by Crippen LogP contribution is 2.21. The molecule has 0 spiro atoms. The molecule has 0 atom stereocenters. The molecule has 3 rings (SSSR count). The topological polar surface area (TPSA) is 99.4 Å². The van der Waals surface area contributed by atoms with E-state index in [-0.39, 0.29) is 5.56 Å². The molecule has 7 heteroatoms. The Balaban J connectivity index is 0.000000355. The first-order valence-electron chi connectivity index (χ1n) is 7.55. The maximum absolute atomic E-state index is 11.5. The van der Waals surface area contributed by atoms with Crippen molar-refractivity contribution in [3.63, 3.8) is 0 Å². The van der Waals surface area contributed by atoms with Gasteiger partial charge in [0, 0.05) is 42.6 Å². The van der Waals surface area contributed by atoms with Gasteiger partial charge in [0.25, 0.3) is 0 Å². The molecular formula is C17H19N3O4. The lowest BCUT2D eigenvalue weighted by Gasteiger charge is -2.20. The zero-order valence-electron chi connectivity index (χ0n) is 13.5. The molecule has 0 aliphatic rings. The van der Waals surface area contributed by atoms with Crippen LogP contribution in [-0.4, -0.2) is 34.1 Å². The number of hydrogen-bond donors (Lipinski definition) is 2. The highest BCUT2D eigenvalue weighted by molar-refractivity contribution is 5.92. The monoisotopic (exact) mass is 329 g/mol. The molecule has 0 bridgehead atoms. The van der Waals surface area contributed by atoms with E-state index in [0.29, 0.717) is 11.0 Å². The van der Waals surface area contributed by atoms with E-state index in [0.717, 1.165) is 18.8 Å². The number of fused-ring (bicyclic) bond motifs is 1. The molecule has 2 aromatic heterocycles. The van der Waals surface area contributed by atoms with Crippen molar-refractivity contribution < 1.29 is 14.3 Å². The minimum Gasteiger partial charge on any atom is -0.477 e. The molecule has 0 radical (unpaired) electrons. The Labute approximate surface area is 138 Å². The second kappa shape index (κ2) is 7.96. The summed E-state index contributed by atoms with van der Waals surface area (Å²) in [4.78, 5) is 30.9. The van der Waals surface area contributed by atoms with E-state index < -0.39 is 11.6 Å². The van der Waals surface area contributed by atoms with Crippen molar-refractivity contribution in [3.8, 4) is 0 Å². The van der Waals surface area contributed by atoms with Gasteiger partial charge in [0.15, 0.2) is 0 Å². The van der Waals surface area contributed by atoms with E-state index in [1.165, 1.54) is 6.07 Å². The first-order valence-corrected chi connectivity index (χ1v) is 7.55. The van der Waals surface area contributed by atoms with Crippen molar-refractivity contribution in [1.29, 1.82) is 0 Å². The van der Waals surface area contributed by atoms with Gasteiger partial charge in [0.1, 0.15) is 11.1 Å². The molecule has 0 amide bonds. The number of carbonyl (C=O) groups is 1. The van der Waals surface area contributed by atoms with Crippen molar-refractivity contribution in [2.24, 2.45) is 0 Å². The number of aromatic nitrogens is 2. The third-order valence-electron chi connectivity index (χ3n) is 3.48. The number of imidazole rings is 1. The van der Waals surface area contributed by atoms with Gasteiger partial charge < -0.3 is 19.4 Å². The predicted octanol–water partition coefficient (Wildman–Crippen LogP) is 2.75. The van der Waals surface area contributed by atoms with Crippen molar-refractivity contribution >= 4 is 22.6 Å². The second-order valence-electron chi connectivity index (χ2n) is 4.91. The summed E-state index contributed by atoms with van der Waals surface area (Å²) in [5, 5.41) is 9.48. The lowest BCUT2D eigenvalue weighted by molar-refractivity contribution is 0.0692. The quantitative estimate of drug-likeness (QED) is 0.714. The lowest BCUT2D eigenvalue weighted by Crippen LogP contribution is -2.21. The number of benzene rings is 1. The minimum atomic E-state index is -1.27. The summed E-state index contributed by atoms with van der Waals surface area (Å²) < 4.78 is 5.07. The number of rotatable bonds is 4. The molecule has 1 aromatic carbocycles. The Bertz CT molecular complexity index is 835. The summed E-state index contributed by atoms with van der Waals surface area (Å²) >= 11 is 0. The molecule has 0 saturated carbocycles. The van der Waals surface area contributed by atoms with Gasteiger partial charge in [-0.1, -0.05) is 0 Å². The van der Waals surface area contributed by atoms with Crippen LogP contribution in [0.15, 0.2) is 52.2 Å². The van der Waals surface area contributed by atoms with Crippen LogP contribution < -0.4 is 10.5 Å². The SMILES string of the molecule is CCN(CC)c1ccc2cc(C(=O)O)c(=O)oc2c1.c1c[nH]cn1. The van der Waals surface area contributed by atoms with Gasteiger partial charge in [-0.25, -0.2) is 14.6 Å². The molecule has 126 valence electrons. The summed E-state index contributed by atoms with van der Waals surface area (Å²) in [7, 11) is 0. The van der Waals surface area contributed by atoms with Gasteiger partial charge in [-0.2, -0.15) is 0 Å². The molecule has 2 N–H and O–H groups in total. The summed E-state index contributed by atoms with van der Waals surface area (Å²) in [5.41, 5.74) is 0.183. The fourth-order valence-electron chi connectivity index (χ4n) is 2.25. The first kappa shape index (κ1) is 17.3. The highest BCUT2D eigenvalue weighted by atomic mass is 16.4. The van der Waals surface area contributed by atoms with Crippen LogP contribution in [0.3, 0.4) is 0 Å². The first-order chi connectivity index (χ1) is 11.6. The highest BCUT2D eigenvalue weighted by Gasteiger charge is 2.13. The normalized spacial score (nSPS) is 10.1. The van der Waals surface area contributed by atoms with E-state index in [2.05, 4.69) is 14.9 Å². The van der Waals surface area contributed by atoms with Crippen LogP contribution in [0.4, 0.5) is 5.69 Å². The number of anilines is 1. The van der Waals surface area contributed by atoms with Crippen LogP contribution in [0.5, 0.6) is 0 Å². The van der Waals surface area contributed by atoms with E-state index >= 15 is 0 Å². The lowest BCUT2D eigenvalue weighted by atomic mass is 10.1. The fourth-order valence-corrected chi connectivity index (χ4v) is 2.25. The van der Waals surface area contributed by atoms with Crippen molar-refractivity contribution in [2.45, 2.75) is 13.8 Å². The van der Waals surface area contributed by atoms with Crippen molar-refractivity contribution in [3.05, 3.63) is 59.0 Å². The average molecular weight is 329 g/mol. The molecule has 0 fully saturated rings. The molecule has 0 aliphatic carbocycles. The molecule has 7 nitrogen and oxygen atoms in total. The Morgan fingerprint density at radius 2 is 2.04 bits per heavy atom. The second-order valence-corrected chi connectivity index (χ2v) is 4.91. The Morgan fingerprint density at radius 3 is 2.54 bits per heavy atom. The number of carboxylic acid groups (broad SMARTS) is 1. The Kier molecular flexibility index (Phi) is 5.73. The van der Waals surface area contributed by atoms with Crippen LogP contribution in [-0.2, 0) is 0 Å². The summed E-state index contributed by atoms with van der Waals surface area (Å²) in [5.74, 6) is -1.27. The summed E-state index contributed by atoms with van der Waals surface area (Å²) in [6.07, 6.45) is 5.08. The molecule has 2 heterocycles. The molecule has 0 saturated heterocycles. The molecule has 3 aromatic rings. The number of aromatic carboxylic acids is 1. The molecular weight excluding hydrogens is 310 g/mol. The number of carboxylic acids is 1. The maximum Gasteiger partial charge on any atom is 0.351 e. The third kappa shape index (κ3) is 4.01. The largest absolute Gasteiger partial charge is 0.477 e. The standard InChI is InChI=1S/C14H15NO4.C3H4N2/c1-3-15(4-2)10-6-5-9-7-11(13(16)17)14(18)19-12(9)8-10;1-2-5-3-4-1/h5-8H,3-4H2,1-2H3,(H,16,17);1-3H,(H,4,5). The van der Waals surface area contributed by atoms with Gasteiger partial charge in [0.05, 0.1) is 6.33 Å². The predicted molar refractivity (Wildman–Crippen MR) is 91.6 cm³/mol. The molecule has 0 unspecified atom stereocenters. The van der Waals surface area contributed by atoms with E-state index in [4.69, 9.17) is 9.52 Å². The third-order valence-corrected chi connectivity index (χ3v) is 3.48. The Hall–Kier alpha value is -3.09. The summed E-state index contributed by atoms with van der Waals surface area (Å²) in [6.45, 7) is 5.77. The number of H-pyrrole nitrogens is 1. The van der Waals surface area contributed by atoms with E-state index in [9.17, 15) is 9.59 Å². The Morgan fingerprint density at radius 1 is 1.29 bits per heavy atom. The van der Waals surface area contributed by atoms with Crippen LogP contribution in [0, 0.1) is 0 Å². The van der Waals surface area contributed by atoms with Gasteiger partial charge in [-0.3, -0.25) is 0 Å². The number of nitrogens with zero attached hydrogens (tertiary/aromatic N) is 2. The average Bonchev–Trinajstić information content (AvgIpc) is 3.14. The van der Waals surface area contributed by atoms with Crippen LogP contribution in [0.1, 0.15) is 24.2 Å². The van der Waals surface area contributed by atoms with Crippen molar-refractivity contribution in [2.75, 3.05) is 18.0 Å². The van der Waals surface area contributed by atoms with E-state index in [1.54, 1.807) is 30.9 Å². The van der Waals surface area contributed by atoms with Gasteiger partial charge >= 0.3 is 11.6 Å². The van der Waals surface area contributed by atoms with Crippen LogP contribution in [0.25, 0.3) is 11.0 Å². The van der Waals surface area contributed by atoms with E-state index in [1.807, 2.05) is 19.9 Å². The molecule has 24 heavy (non-hydrogen) atoms. The molecule has 0 aliphatic heterocycles. The van der Waals surface area contributed by atoms with Crippen LogP contribution >= 0.6 is 0 Å². The van der Waals surface area contributed by atoms with Crippen molar-refractivity contribution in [1.82, 2.24) is 9.97 Å². The smallest absolute Gasteiger partial charge is 0.351 e. The van der Waals surface area contributed by atoms with Gasteiger partial charge in [-0.15, -0.1) is 0 Å². The number of hydrogen-bond acceptors (Lipinski definition) is 5. The number of nitrogens with one attached hydrogen (secondary N) is 1. The maximum atomic E-state index is 11.5. The van der Waals surface area contributed by atoms with Crippen LogP contribution in [0.2, 0.25) is 0 Å².